The molecule has 1 fully saturated rings. The van der Waals surface area contributed by atoms with Gasteiger partial charge in [-0.2, -0.15) is 0 Å². The lowest BCUT2D eigenvalue weighted by Gasteiger charge is -2.24. The number of hydrogen-bond acceptors (Lipinski definition) is 1. The summed E-state index contributed by atoms with van der Waals surface area (Å²) in [6.45, 7) is 2.11. The van der Waals surface area contributed by atoms with Gasteiger partial charge in [0.1, 0.15) is 5.78 Å². The smallest absolute Gasteiger partial charge is 0.143 e. The van der Waals surface area contributed by atoms with Crippen molar-refractivity contribution < 1.29 is 4.79 Å². The highest BCUT2D eigenvalue weighted by Gasteiger charge is 2.52. The van der Waals surface area contributed by atoms with Gasteiger partial charge in [-0.15, -0.1) is 0 Å². The van der Waals surface area contributed by atoms with Crippen LogP contribution in [0.2, 0.25) is 0 Å². The van der Waals surface area contributed by atoms with Crippen LogP contribution < -0.4 is 0 Å². The summed E-state index contributed by atoms with van der Waals surface area (Å²) in [7, 11) is 0. The van der Waals surface area contributed by atoms with Gasteiger partial charge in [0.05, 0.1) is 5.41 Å². The Morgan fingerprint density at radius 2 is 2.00 bits per heavy atom. The van der Waals surface area contributed by atoms with Gasteiger partial charge in [0.15, 0.2) is 0 Å². The highest BCUT2D eigenvalue weighted by Crippen LogP contribution is 2.53. The SMILES string of the molecule is Cc1ccc2c(c1)C1(CC1)C(=O)CC2. The van der Waals surface area contributed by atoms with E-state index in [1.807, 2.05) is 0 Å². The molecule has 0 radical (unpaired) electrons. The number of carbonyl (C=O) groups excluding carboxylic acids is 1. The quantitative estimate of drug-likeness (QED) is 0.608. The van der Waals surface area contributed by atoms with Crippen LogP contribution in [0.15, 0.2) is 18.2 Å². The molecule has 0 N–H and O–H groups in total. The number of ketones is 1. The topological polar surface area (TPSA) is 17.1 Å². The minimum absolute atomic E-state index is 0.0282. The molecule has 0 aliphatic heterocycles. The molecule has 1 heteroatoms. The van der Waals surface area contributed by atoms with E-state index in [-0.39, 0.29) is 5.41 Å². The number of rotatable bonds is 0. The molecule has 2 aliphatic rings. The van der Waals surface area contributed by atoms with Crippen molar-refractivity contribution in [3.05, 3.63) is 34.9 Å². The van der Waals surface area contributed by atoms with E-state index in [9.17, 15) is 4.79 Å². The molecular formula is C13H14O. The van der Waals surface area contributed by atoms with E-state index >= 15 is 0 Å². The van der Waals surface area contributed by atoms with Crippen LogP contribution >= 0.6 is 0 Å². The third-order valence-electron chi connectivity index (χ3n) is 3.69. The molecular weight excluding hydrogens is 172 g/mol. The lowest BCUT2D eigenvalue weighted by molar-refractivity contribution is -0.121. The number of fused-ring (bicyclic) bond motifs is 2. The second-order valence-corrected chi connectivity index (χ2v) is 4.67. The van der Waals surface area contributed by atoms with E-state index in [0.717, 1.165) is 25.7 Å². The van der Waals surface area contributed by atoms with Crippen LogP contribution in [-0.4, -0.2) is 5.78 Å². The standard InChI is InChI=1S/C13H14O/c1-9-2-3-10-4-5-12(14)13(6-7-13)11(10)8-9/h2-3,8H,4-7H2,1H3. The molecule has 0 bridgehead atoms. The zero-order chi connectivity index (χ0) is 9.76. The Kier molecular flexibility index (Phi) is 1.45. The van der Waals surface area contributed by atoms with Crippen LogP contribution in [0.1, 0.15) is 36.0 Å². The van der Waals surface area contributed by atoms with E-state index in [4.69, 9.17) is 0 Å². The second kappa shape index (κ2) is 2.47. The van der Waals surface area contributed by atoms with Crippen molar-refractivity contribution in [3.63, 3.8) is 0 Å². The van der Waals surface area contributed by atoms with Crippen molar-refractivity contribution >= 4 is 5.78 Å². The van der Waals surface area contributed by atoms with Crippen LogP contribution in [0.5, 0.6) is 0 Å². The normalized spacial score (nSPS) is 22.2. The van der Waals surface area contributed by atoms with Crippen molar-refractivity contribution in [2.45, 2.75) is 38.0 Å². The van der Waals surface area contributed by atoms with Gasteiger partial charge in [-0.25, -0.2) is 0 Å². The molecule has 0 atom stereocenters. The monoisotopic (exact) mass is 186 g/mol. The molecule has 0 aromatic heterocycles. The molecule has 2 aliphatic carbocycles. The molecule has 0 amide bonds. The van der Waals surface area contributed by atoms with Gasteiger partial charge >= 0.3 is 0 Å². The third-order valence-corrected chi connectivity index (χ3v) is 3.69. The van der Waals surface area contributed by atoms with Gasteiger partial charge < -0.3 is 0 Å². The van der Waals surface area contributed by atoms with Crippen molar-refractivity contribution in [2.24, 2.45) is 0 Å². The molecule has 72 valence electrons. The fraction of sp³-hybridized carbons (Fsp3) is 0.462. The van der Waals surface area contributed by atoms with Gasteiger partial charge in [-0.05, 0) is 37.3 Å². The first-order valence-electron chi connectivity index (χ1n) is 5.36. The van der Waals surface area contributed by atoms with Crippen LogP contribution in [0.4, 0.5) is 0 Å². The Bertz CT molecular complexity index is 413. The highest BCUT2D eigenvalue weighted by molar-refractivity contribution is 5.95. The molecule has 1 aromatic rings. The number of aryl methyl sites for hydroxylation is 2. The molecule has 1 spiro atoms. The summed E-state index contributed by atoms with van der Waals surface area (Å²) in [6, 6.07) is 6.58. The molecule has 1 aromatic carbocycles. The zero-order valence-corrected chi connectivity index (χ0v) is 8.47. The van der Waals surface area contributed by atoms with E-state index in [0.29, 0.717) is 5.78 Å². The molecule has 0 heterocycles. The number of hydrogen-bond donors (Lipinski definition) is 0. The molecule has 3 rings (SSSR count). The first-order chi connectivity index (χ1) is 6.72. The molecule has 0 unspecified atom stereocenters. The Morgan fingerprint density at radius 1 is 1.21 bits per heavy atom. The van der Waals surface area contributed by atoms with Crippen LogP contribution in [-0.2, 0) is 16.6 Å². The van der Waals surface area contributed by atoms with E-state index in [1.54, 1.807) is 0 Å². The Morgan fingerprint density at radius 3 is 2.71 bits per heavy atom. The van der Waals surface area contributed by atoms with Crippen molar-refractivity contribution in [1.29, 1.82) is 0 Å². The number of benzene rings is 1. The predicted molar refractivity (Wildman–Crippen MR) is 55.4 cm³/mol. The largest absolute Gasteiger partial charge is 0.299 e. The first-order valence-corrected chi connectivity index (χ1v) is 5.36. The van der Waals surface area contributed by atoms with Gasteiger partial charge in [0, 0.05) is 6.42 Å². The van der Waals surface area contributed by atoms with Crippen molar-refractivity contribution in [2.75, 3.05) is 0 Å². The summed E-state index contributed by atoms with van der Waals surface area (Å²) in [5, 5.41) is 0. The number of Topliss-reactive ketones (excluding diaryl/α,β-unsaturated/α-hetero) is 1. The van der Waals surface area contributed by atoms with E-state index in [1.165, 1.54) is 16.7 Å². The fourth-order valence-corrected chi connectivity index (χ4v) is 2.66. The predicted octanol–water partition coefficient (Wildman–Crippen LogP) is 2.54. The minimum Gasteiger partial charge on any atom is -0.299 e. The van der Waals surface area contributed by atoms with Crippen LogP contribution in [0.25, 0.3) is 0 Å². The lowest BCUT2D eigenvalue weighted by Crippen LogP contribution is -2.27. The third kappa shape index (κ3) is 0.927. The maximum Gasteiger partial charge on any atom is 0.143 e. The fourth-order valence-electron chi connectivity index (χ4n) is 2.66. The first kappa shape index (κ1) is 8.22. The van der Waals surface area contributed by atoms with Crippen LogP contribution in [0.3, 0.4) is 0 Å². The average molecular weight is 186 g/mol. The van der Waals surface area contributed by atoms with E-state index < -0.39 is 0 Å². The summed E-state index contributed by atoms with van der Waals surface area (Å²) < 4.78 is 0. The van der Waals surface area contributed by atoms with Gasteiger partial charge in [-0.3, -0.25) is 4.79 Å². The number of carbonyl (C=O) groups is 1. The van der Waals surface area contributed by atoms with Gasteiger partial charge in [-0.1, -0.05) is 23.8 Å². The Hall–Kier alpha value is -1.11. The summed E-state index contributed by atoms with van der Waals surface area (Å²) in [5.41, 5.74) is 4.01. The van der Waals surface area contributed by atoms with Crippen molar-refractivity contribution in [1.82, 2.24) is 0 Å². The molecule has 1 nitrogen and oxygen atoms in total. The van der Waals surface area contributed by atoms with Crippen LogP contribution in [0, 0.1) is 6.92 Å². The van der Waals surface area contributed by atoms with Gasteiger partial charge in [0.25, 0.3) is 0 Å². The zero-order valence-electron chi connectivity index (χ0n) is 8.47. The summed E-state index contributed by atoms with van der Waals surface area (Å²) in [6.07, 6.45) is 3.89. The molecule has 14 heavy (non-hydrogen) atoms. The Balaban J connectivity index is 2.20. The second-order valence-electron chi connectivity index (χ2n) is 4.67. The van der Waals surface area contributed by atoms with Gasteiger partial charge in [0.2, 0.25) is 0 Å². The summed E-state index contributed by atoms with van der Waals surface area (Å²) >= 11 is 0. The maximum absolute atomic E-state index is 11.9. The molecule has 1 saturated carbocycles. The lowest BCUT2D eigenvalue weighted by atomic mass is 9.78. The Labute approximate surface area is 84.1 Å². The molecule has 0 saturated heterocycles. The summed E-state index contributed by atoms with van der Waals surface area (Å²) in [5.74, 6) is 0.482. The van der Waals surface area contributed by atoms with E-state index in [2.05, 4.69) is 25.1 Å². The highest BCUT2D eigenvalue weighted by atomic mass is 16.1. The van der Waals surface area contributed by atoms with Crippen molar-refractivity contribution in [3.8, 4) is 0 Å². The average Bonchev–Trinajstić information content (AvgIpc) is 2.94. The summed E-state index contributed by atoms with van der Waals surface area (Å²) in [4.78, 5) is 11.9. The minimum atomic E-state index is -0.0282. The maximum atomic E-state index is 11.9.